The van der Waals surface area contributed by atoms with Crippen LogP contribution in [0.3, 0.4) is 0 Å². The van der Waals surface area contributed by atoms with E-state index in [1.54, 1.807) is 0 Å². The summed E-state index contributed by atoms with van der Waals surface area (Å²) in [6.07, 6.45) is 0. The molecule has 4 aromatic carbocycles. The van der Waals surface area contributed by atoms with E-state index < -0.39 is 13.8 Å². The Labute approximate surface area is 180 Å². The molecule has 0 heterocycles. The molecule has 0 fully saturated rings. The van der Waals surface area contributed by atoms with Gasteiger partial charge in [0.05, 0.1) is 0 Å². The van der Waals surface area contributed by atoms with Crippen molar-refractivity contribution in [1.82, 2.24) is 0 Å². The third-order valence-electron chi connectivity index (χ3n) is 5.59. The van der Waals surface area contributed by atoms with Crippen LogP contribution >= 0.6 is 13.8 Å². The van der Waals surface area contributed by atoms with Crippen LogP contribution in [0.4, 0.5) is 0 Å². The molecule has 0 N–H and O–H groups in total. The molecule has 0 saturated carbocycles. The minimum Gasteiger partial charge on any atom is -0.0679 e. The van der Waals surface area contributed by atoms with Crippen LogP contribution in [0.25, 0.3) is 0 Å². The Kier molecular flexibility index (Phi) is 6.16. The van der Waals surface area contributed by atoms with E-state index in [0.29, 0.717) is 0 Å². The maximum absolute atomic E-state index is 3.88. The fourth-order valence-corrected chi connectivity index (χ4v) is 9.45. The Hall–Kier alpha value is -2.70. The molecule has 30 heavy (non-hydrogen) atoms. The van der Waals surface area contributed by atoms with Crippen LogP contribution in [0.15, 0.2) is 121 Å². The van der Waals surface area contributed by atoms with Gasteiger partial charge in [0.15, 0.2) is 0 Å². The van der Waals surface area contributed by atoms with Gasteiger partial charge in [0.1, 0.15) is 0 Å². The third kappa shape index (κ3) is 4.11. The van der Waals surface area contributed by atoms with Crippen LogP contribution in [-0.4, -0.2) is 24.2 Å². The highest BCUT2D eigenvalue weighted by Crippen LogP contribution is 2.41. The van der Waals surface area contributed by atoms with Gasteiger partial charge < -0.3 is 0 Å². The van der Waals surface area contributed by atoms with Gasteiger partial charge in [-0.15, -0.1) is 0 Å². The number of hydrogen-bond donors (Lipinski definition) is 0. The van der Waals surface area contributed by atoms with Crippen LogP contribution in [0.5, 0.6) is 0 Å². The highest BCUT2D eigenvalue weighted by molar-refractivity contribution is 7.91. The summed E-state index contributed by atoms with van der Waals surface area (Å²) < 4.78 is 0. The molecule has 0 nitrogen and oxygen atoms in total. The normalized spacial score (nSPS) is 11.4. The van der Waals surface area contributed by atoms with E-state index in [1.165, 1.54) is 21.2 Å². The van der Waals surface area contributed by atoms with E-state index in [1.807, 2.05) is 0 Å². The fourth-order valence-electron chi connectivity index (χ4n) is 3.66. The molecular weight excluding hydrogens is 398 g/mol. The smallest absolute Gasteiger partial charge is 0.00468 e. The lowest BCUT2D eigenvalue weighted by Crippen LogP contribution is -2.17. The monoisotopic (exact) mass is 424 g/mol. The van der Waals surface area contributed by atoms with Crippen molar-refractivity contribution >= 4 is 45.9 Å². The second-order valence-corrected chi connectivity index (χ2v) is 14.1. The van der Waals surface area contributed by atoms with Crippen LogP contribution in [0.1, 0.15) is 0 Å². The summed E-state index contributed by atoms with van der Waals surface area (Å²) in [7, 11) is 0. The lowest BCUT2D eigenvalue weighted by atomic mass is 10.4. The maximum Gasteiger partial charge on any atom is -0.00468 e. The Morgan fingerprint density at radius 1 is 0.367 bits per heavy atom. The molecule has 0 amide bonds. The molecule has 0 bridgehead atoms. The van der Waals surface area contributed by atoms with Crippen molar-refractivity contribution in [3.05, 3.63) is 121 Å². The summed E-state index contributed by atoms with van der Waals surface area (Å²) in [5, 5.41) is 5.32. The van der Waals surface area contributed by atoms with Gasteiger partial charge in [-0.2, -0.15) is 0 Å². The lowest BCUT2D eigenvalue weighted by Gasteiger charge is -2.21. The van der Waals surface area contributed by atoms with Crippen molar-refractivity contribution in [3.8, 4) is 0 Å². The van der Waals surface area contributed by atoms with Gasteiger partial charge >= 0.3 is 0 Å². The third-order valence-corrected chi connectivity index (χ3v) is 12.2. The molecule has 4 aromatic rings. The first-order valence-corrected chi connectivity index (χ1v) is 14.6. The van der Waals surface area contributed by atoms with Gasteiger partial charge in [0.2, 0.25) is 0 Å². The molecule has 148 valence electrons. The maximum atomic E-state index is 3.88. The number of hydrogen-bond acceptors (Lipinski definition) is 0. The Morgan fingerprint density at radius 3 is 0.767 bits per heavy atom. The zero-order valence-corrected chi connectivity index (χ0v) is 19.2. The van der Waals surface area contributed by atoms with E-state index in [0.717, 1.165) is 0 Å². The fraction of sp³-hybridized carbons (Fsp3) is 0.0714. The second-order valence-electron chi connectivity index (χ2n) is 7.58. The molecule has 0 aliphatic heterocycles. The summed E-state index contributed by atoms with van der Waals surface area (Å²) in [5.74, 6) is 0. The van der Waals surface area contributed by atoms with Gasteiger partial charge in [0, 0.05) is 0 Å². The van der Waals surface area contributed by atoms with Crippen molar-refractivity contribution in [3.63, 3.8) is 0 Å². The average Bonchev–Trinajstić information content (AvgIpc) is 2.84. The van der Waals surface area contributed by atoms with Gasteiger partial charge in [0.25, 0.3) is 0 Å². The summed E-state index contributed by atoms with van der Waals surface area (Å²) in [4.78, 5) is 0. The van der Waals surface area contributed by atoms with E-state index in [9.17, 15) is 0 Å². The first-order valence-electron chi connectivity index (χ1n) is 10.1. The summed E-state index contributed by atoms with van der Waals surface area (Å²) >= 11 is 0. The predicted octanol–water partition coefficient (Wildman–Crippen LogP) is 4.94. The van der Waals surface area contributed by atoms with Gasteiger partial charge in [-0.05, 0) is 48.3 Å². The zero-order chi connectivity index (χ0) is 20.9. The summed E-state index contributed by atoms with van der Waals surface area (Å²) in [6.45, 7) is 1.01. The second kappa shape index (κ2) is 8.98. The van der Waals surface area contributed by atoms with Gasteiger partial charge in [-0.1, -0.05) is 132 Å². The molecule has 0 atom stereocenters. The topological polar surface area (TPSA) is 0 Å². The van der Waals surface area contributed by atoms with Gasteiger partial charge in [-0.25, -0.2) is 0 Å². The molecule has 0 aliphatic rings. The summed E-state index contributed by atoms with van der Waals surface area (Å²) in [6, 6.07) is 43.2. The van der Waals surface area contributed by atoms with Gasteiger partial charge in [-0.3, -0.25) is 0 Å². The van der Waals surface area contributed by atoms with Crippen molar-refractivity contribution in [2.45, 2.75) is 0 Å². The standard InChI is InChI=1S/C28H26P2/c1-29(25-15-7-3-8-16-25,26-17-9-4-10-18-26)23-24-30(2,27-19-11-5-12-20-27)28-21-13-6-14-22-28/h3-22H,1-2H3. The highest BCUT2D eigenvalue weighted by atomic mass is 31.2. The molecule has 0 radical (unpaired) electrons. The predicted molar refractivity (Wildman–Crippen MR) is 140 cm³/mol. The van der Waals surface area contributed by atoms with Crippen molar-refractivity contribution in [1.29, 1.82) is 0 Å². The quantitative estimate of drug-likeness (QED) is 0.407. The van der Waals surface area contributed by atoms with Crippen LogP contribution < -0.4 is 21.2 Å². The van der Waals surface area contributed by atoms with Crippen LogP contribution in [0, 0.1) is 0 Å². The minimum absolute atomic E-state index is 1.33. The van der Waals surface area contributed by atoms with Crippen molar-refractivity contribution in [2.24, 2.45) is 0 Å². The van der Waals surface area contributed by atoms with E-state index in [4.69, 9.17) is 0 Å². The molecule has 0 unspecified atom stereocenters. The molecule has 2 heteroatoms. The molecule has 0 spiro atoms. The SMILES string of the molecule is CP(=C=C=P(C)(c1ccccc1)c1ccccc1)(c1ccccc1)c1ccccc1. The van der Waals surface area contributed by atoms with Crippen molar-refractivity contribution in [2.75, 3.05) is 13.3 Å². The Bertz CT molecular complexity index is 1070. The first kappa shape index (κ1) is 20.6. The lowest BCUT2D eigenvalue weighted by molar-refractivity contribution is 1.75. The molecule has 0 aromatic heterocycles. The first-order chi connectivity index (χ1) is 14.6. The Balaban J connectivity index is 2.16. The van der Waals surface area contributed by atoms with E-state index in [2.05, 4.69) is 146 Å². The zero-order valence-electron chi connectivity index (χ0n) is 17.4. The number of benzene rings is 4. The van der Waals surface area contributed by atoms with E-state index in [-0.39, 0.29) is 0 Å². The summed E-state index contributed by atoms with van der Waals surface area (Å²) in [5.41, 5.74) is 7.75. The Morgan fingerprint density at radius 2 is 0.567 bits per heavy atom. The largest absolute Gasteiger partial charge is 0.0679 e. The molecule has 0 aliphatic carbocycles. The minimum atomic E-state index is -1.84. The average molecular weight is 424 g/mol. The van der Waals surface area contributed by atoms with Crippen molar-refractivity contribution < 1.29 is 0 Å². The van der Waals surface area contributed by atoms with E-state index >= 15 is 0 Å². The molecule has 4 rings (SSSR count). The number of rotatable bonds is 4. The molecule has 0 saturated heterocycles. The van der Waals surface area contributed by atoms with Crippen LogP contribution in [0.2, 0.25) is 0 Å². The molecular formula is C28H26P2. The highest BCUT2D eigenvalue weighted by Gasteiger charge is 2.18. The van der Waals surface area contributed by atoms with Crippen LogP contribution in [-0.2, 0) is 0 Å².